The predicted octanol–water partition coefficient (Wildman–Crippen LogP) is 2.53. The van der Waals surface area contributed by atoms with Gasteiger partial charge in [0.1, 0.15) is 11.9 Å². The number of hydrogen-bond acceptors (Lipinski definition) is 4. The van der Waals surface area contributed by atoms with E-state index in [9.17, 15) is 4.79 Å². The second-order valence-electron chi connectivity index (χ2n) is 6.31. The van der Waals surface area contributed by atoms with Crippen molar-refractivity contribution in [3.8, 4) is 5.75 Å². The number of benzene rings is 1. The van der Waals surface area contributed by atoms with Crippen LogP contribution < -0.4 is 4.74 Å². The average Bonchev–Trinajstić information content (AvgIpc) is 3.07. The van der Waals surface area contributed by atoms with Gasteiger partial charge in [-0.3, -0.25) is 4.79 Å². The number of carbonyl (C=O) groups is 1. The van der Waals surface area contributed by atoms with Crippen molar-refractivity contribution in [1.29, 1.82) is 0 Å². The quantitative estimate of drug-likeness (QED) is 0.839. The van der Waals surface area contributed by atoms with Gasteiger partial charge in [-0.2, -0.15) is 0 Å². The summed E-state index contributed by atoms with van der Waals surface area (Å²) >= 11 is 0. The van der Waals surface area contributed by atoms with Gasteiger partial charge >= 0.3 is 0 Å². The molecule has 2 fully saturated rings. The first-order chi connectivity index (χ1) is 10.2. The van der Waals surface area contributed by atoms with Gasteiger partial charge in [-0.25, -0.2) is 0 Å². The highest BCUT2D eigenvalue weighted by atomic mass is 16.6. The molecule has 2 heterocycles. The topological polar surface area (TPSA) is 44.8 Å². The van der Waals surface area contributed by atoms with E-state index < -0.39 is 0 Å². The molecule has 112 valence electrons. The second-order valence-corrected chi connectivity index (χ2v) is 6.31. The van der Waals surface area contributed by atoms with Crippen LogP contribution in [0.2, 0.25) is 0 Å². The Morgan fingerprint density at radius 2 is 2.19 bits per heavy atom. The van der Waals surface area contributed by atoms with Crippen LogP contribution in [0.1, 0.15) is 41.6 Å². The zero-order chi connectivity index (χ0) is 14.3. The maximum Gasteiger partial charge on any atom is 0.163 e. The summed E-state index contributed by atoms with van der Waals surface area (Å²) in [5.74, 6) is 1.13. The van der Waals surface area contributed by atoms with Gasteiger partial charge in [-0.1, -0.05) is 0 Å². The van der Waals surface area contributed by atoms with Gasteiger partial charge in [-0.05, 0) is 30.2 Å². The summed E-state index contributed by atoms with van der Waals surface area (Å²) in [4.78, 5) is 11.7. The zero-order valence-corrected chi connectivity index (χ0v) is 12.1. The van der Waals surface area contributed by atoms with Crippen LogP contribution in [0.5, 0.6) is 5.75 Å². The van der Waals surface area contributed by atoms with Gasteiger partial charge in [0.2, 0.25) is 0 Å². The van der Waals surface area contributed by atoms with E-state index in [1.165, 1.54) is 0 Å². The van der Waals surface area contributed by atoms with Crippen LogP contribution in [0, 0.1) is 0 Å². The molecule has 4 heteroatoms. The molecule has 0 radical (unpaired) electrons. The van der Waals surface area contributed by atoms with Crippen LogP contribution in [0.15, 0.2) is 18.2 Å². The van der Waals surface area contributed by atoms with Gasteiger partial charge in [0.05, 0.1) is 18.8 Å². The Balaban J connectivity index is 1.47. The lowest BCUT2D eigenvalue weighted by Crippen LogP contribution is -2.44. The molecule has 3 aliphatic rings. The van der Waals surface area contributed by atoms with Gasteiger partial charge in [0.15, 0.2) is 5.78 Å². The molecule has 1 aliphatic carbocycles. The number of hydrogen-bond donors (Lipinski definition) is 0. The Morgan fingerprint density at radius 1 is 1.24 bits per heavy atom. The molecular weight excluding hydrogens is 268 g/mol. The van der Waals surface area contributed by atoms with Gasteiger partial charge in [0, 0.05) is 37.9 Å². The minimum Gasteiger partial charge on any atom is -0.490 e. The fourth-order valence-corrected chi connectivity index (χ4v) is 3.64. The summed E-state index contributed by atoms with van der Waals surface area (Å²) < 4.78 is 17.6. The van der Waals surface area contributed by atoms with E-state index in [2.05, 4.69) is 0 Å². The minimum absolute atomic E-state index is 0.129. The van der Waals surface area contributed by atoms with E-state index in [0.29, 0.717) is 13.0 Å². The molecule has 0 bridgehead atoms. The van der Waals surface area contributed by atoms with E-state index >= 15 is 0 Å². The lowest BCUT2D eigenvalue weighted by atomic mass is 9.91. The van der Waals surface area contributed by atoms with E-state index in [0.717, 1.165) is 55.8 Å². The molecule has 0 aromatic heterocycles. The van der Waals surface area contributed by atoms with Crippen molar-refractivity contribution in [2.24, 2.45) is 0 Å². The standard InChI is InChI=1S/C17H20O4/c18-16-4-1-12-9-13(2-3-15(12)16)21-14-5-7-20-17(10-14)6-8-19-11-17/h2-3,9,14H,1,4-8,10-11H2. The third-order valence-electron chi connectivity index (χ3n) is 4.82. The Labute approximate surface area is 124 Å². The summed E-state index contributed by atoms with van der Waals surface area (Å²) in [5.41, 5.74) is 1.87. The maximum absolute atomic E-state index is 11.7. The molecule has 0 saturated carbocycles. The van der Waals surface area contributed by atoms with E-state index in [1.807, 2.05) is 18.2 Å². The first-order valence-corrected chi connectivity index (χ1v) is 7.79. The number of ketones is 1. The van der Waals surface area contributed by atoms with Gasteiger partial charge < -0.3 is 14.2 Å². The zero-order valence-electron chi connectivity index (χ0n) is 12.1. The molecule has 1 spiro atoms. The SMILES string of the molecule is O=C1CCc2cc(OC3CCOC4(CCOC4)C3)ccc21. The third kappa shape index (κ3) is 2.47. The first-order valence-electron chi connectivity index (χ1n) is 7.79. The highest BCUT2D eigenvalue weighted by molar-refractivity contribution is 6.00. The number of ether oxygens (including phenoxy) is 3. The lowest BCUT2D eigenvalue weighted by Gasteiger charge is -2.37. The van der Waals surface area contributed by atoms with Crippen molar-refractivity contribution < 1.29 is 19.0 Å². The van der Waals surface area contributed by atoms with Crippen molar-refractivity contribution in [2.75, 3.05) is 19.8 Å². The van der Waals surface area contributed by atoms with Gasteiger partial charge in [-0.15, -0.1) is 0 Å². The molecule has 1 aromatic carbocycles. The molecule has 0 amide bonds. The Kier molecular flexibility index (Phi) is 3.23. The molecule has 0 N–H and O–H groups in total. The number of Topliss-reactive ketones (excluding diaryl/α,β-unsaturated/α-hetero) is 1. The molecule has 2 aliphatic heterocycles. The molecule has 2 unspecified atom stereocenters. The van der Waals surface area contributed by atoms with Crippen LogP contribution in [-0.2, 0) is 15.9 Å². The normalized spacial score (nSPS) is 31.6. The Bertz CT molecular complexity index is 560. The third-order valence-corrected chi connectivity index (χ3v) is 4.82. The molecular formula is C17H20O4. The number of rotatable bonds is 2. The molecule has 2 atom stereocenters. The van der Waals surface area contributed by atoms with Crippen molar-refractivity contribution >= 4 is 5.78 Å². The number of aryl methyl sites for hydroxylation is 1. The van der Waals surface area contributed by atoms with Gasteiger partial charge in [0.25, 0.3) is 0 Å². The highest BCUT2D eigenvalue weighted by Crippen LogP contribution is 2.35. The molecule has 4 nitrogen and oxygen atoms in total. The van der Waals surface area contributed by atoms with Crippen LogP contribution in [0.25, 0.3) is 0 Å². The van der Waals surface area contributed by atoms with E-state index in [1.54, 1.807) is 0 Å². The highest BCUT2D eigenvalue weighted by Gasteiger charge is 2.41. The van der Waals surface area contributed by atoms with Crippen LogP contribution >= 0.6 is 0 Å². The van der Waals surface area contributed by atoms with Crippen LogP contribution in [0.4, 0.5) is 0 Å². The molecule has 1 aromatic rings. The molecule has 21 heavy (non-hydrogen) atoms. The van der Waals surface area contributed by atoms with Crippen molar-refractivity contribution in [1.82, 2.24) is 0 Å². The van der Waals surface area contributed by atoms with E-state index in [-0.39, 0.29) is 17.5 Å². The molecule has 2 saturated heterocycles. The fourth-order valence-electron chi connectivity index (χ4n) is 3.64. The van der Waals surface area contributed by atoms with Crippen molar-refractivity contribution in [2.45, 2.75) is 43.8 Å². The second kappa shape index (κ2) is 5.11. The van der Waals surface area contributed by atoms with E-state index in [4.69, 9.17) is 14.2 Å². The summed E-state index contributed by atoms with van der Waals surface area (Å²) in [6, 6.07) is 5.87. The molecule has 4 rings (SSSR count). The number of carbonyl (C=O) groups excluding carboxylic acids is 1. The summed E-state index contributed by atoms with van der Waals surface area (Å²) in [6.45, 7) is 2.21. The largest absolute Gasteiger partial charge is 0.490 e. The Hall–Kier alpha value is -1.39. The maximum atomic E-state index is 11.7. The minimum atomic E-state index is -0.129. The van der Waals surface area contributed by atoms with Crippen molar-refractivity contribution in [3.05, 3.63) is 29.3 Å². The monoisotopic (exact) mass is 288 g/mol. The van der Waals surface area contributed by atoms with Crippen LogP contribution in [0.3, 0.4) is 0 Å². The Morgan fingerprint density at radius 3 is 3.05 bits per heavy atom. The number of fused-ring (bicyclic) bond motifs is 1. The van der Waals surface area contributed by atoms with Crippen LogP contribution in [-0.4, -0.2) is 37.3 Å². The lowest BCUT2D eigenvalue weighted by molar-refractivity contribution is -0.112. The smallest absolute Gasteiger partial charge is 0.163 e. The first kappa shape index (κ1) is 13.3. The summed E-state index contributed by atoms with van der Waals surface area (Å²) in [5, 5.41) is 0. The predicted molar refractivity (Wildman–Crippen MR) is 76.9 cm³/mol. The summed E-state index contributed by atoms with van der Waals surface area (Å²) in [7, 11) is 0. The average molecular weight is 288 g/mol. The fraction of sp³-hybridized carbons (Fsp3) is 0.588. The van der Waals surface area contributed by atoms with Crippen molar-refractivity contribution in [3.63, 3.8) is 0 Å². The summed E-state index contributed by atoms with van der Waals surface area (Å²) in [6.07, 6.45) is 4.43.